The van der Waals surface area contributed by atoms with E-state index < -0.39 is 11.6 Å². The topological polar surface area (TPSA) is 9.23 Å². The van der Waals surface area contributed by atoms with Crippen LogP contribution in [0.3, 0.4) is 0 Å². The standard InChI is InChI=1S/C11H14F2O/c1-2-4-14-5-3-9-6-10(12)8-11(13)7-9/h6-8H,2-5H2,1H3. The van der Waals surface area contributed by atoms with Gasteiger partial charge in [-0.1, -0.05) is 6.92 Å². The van der Waals surface area contributed by atoms with Crippen LogP contribution in [0.2, 0.25) is 0 Å². The summed E-state index contributed by atoms with van der Waals surface area (Å²) >= 11 is 0. The Bertz CT molecular complexity index is 266. The van der Waals surface area contributed by atoms with Crippen LogP contribution in [0, 0.1) is 11.6 Å². The van der Waals surface area contributed by atoms with Crippen molar-refractivity contribution in [2.75, 3.05) is 13.2 Å². The lowest BCUT2D eigenvalue weighted by Crippen LogP contribution is -2.00. The lowest BCUT2D eigenvalue weighted by atomic mass is 10.1. The van der Waals surface area contributed by atoms with Crippen LogP contribution in [0.4, 0.5) is 8.78 Å². The molecule has 0 atom stereocenters. The molecule has 0 saturated carbocycles. The highest BCUT2D eigenvalue weighted by molar-refractivity contribution is 5.17. The summed E-state index contributed by atoms with van der Waals surface area (Å²) in [7, 11) is 0. The van der Waals surface area contributed by atoms with Gasteiger partial charge in [-0.3, -0.25) is 0 Å². The molecule has 0 heterocycles. The summed E-state index contributed by atoms with van der Waals surface area (Å²) in [5.41, 5.74) is 0.638. The number of halogens is 2. The Morgan fingerprint density at radius 2 is 1.71 bits per heavy atom. The first-order chi connectivity index (χ1) is 6.72. The van der Waals surface area contributed by atoms with Crippen LogP contribution >= 0.6 is 0 Å². The average Bonchev–Trinajstić information content (AvgIpc) is 2.11. The van der Waals surface area contributed by atoms with Crippen LogP contribution in [0.25, 0.3) is 0 Å². The third-order valence-electron chi connectivity index (χ3n) is 1.81. The van der Waals surface area contributed by atoms with Crippen molar-refractivity contribution in [2.45, 2.75) is 19.8 Å². The van der Waals surface area contributed by atoms with Crippen molar-refractivity contribution >= 4 is 0 Å². The minimum atomic E-state index is -0.532. The predicted molar refractivity (Wildman–Crippen MR) is 51.2 cm³/mol. The second-order valence-electron chi connectivity index (χ2n) is 3.14. The molecule has 0 aliphatic carbocycles. The molecule has 3 heteroatoms. The molecule has 1 aromatic carbocycles. The summed E-state index contributed by atoms with van der Waals surface area (Å²) in [5.74, 6) is -1.06. The summed E-state index contributed by atoms with van der Waals surface area (Å²) in [4.78, 5) is 0. The van der Waals surface area contributed by atoms with Crippen molar-refractivity contribution in [2.24, 2.45) is 0 Å². The molecular formula is C11H14F2O. The van der Waals surface area contributed by atoms with E-state index in [1.165, 1.54) is 12.1 Å². The average molecular weight is 200 g/mol. The normalized spacial score (nSPS) is 10.5. The second-order valence-corrected chi connectivity index (χ2v) is 3.14. The zero-order valence-electron chi connectivity index (χ0n) is 8.22. The maximum absolute atomic E-state index is 12.7. The fourth-order valence-corrected chi connectivity index (χ4v) is 1.19. The highest BCUT2D eigenvalue weighted by Gasteiger charge is 2.00. The molecule has 14 heavy (non-hydrogen) atoms. The van der Waals surface area contributed by atoms with Crippen LogP contribution in [0.5, 0.6) is 0 Å². The number of hydrogen-bond donors (Lipinski definition) is 0. The van der Waals surface area contributed by atoms with E-state index in [9.17, 15) is 8.78 Å². The summed E-state index contributed by atoms with van der Waals surface area (Å²) in [6.07, 6.45) is 1.51. The quantitative estimate of drug-likeness (QED) is 0.664. The van der Waals surface area contributed by atoms with Gasteiger partial charge in [0.05, 0.1) is 6.61 Å². The molecule has 0 fully saturated rings. The third kappa shape index (κ3) is 3.83. The Balaban J connectivity index is 2.42. The van der Waals surface area contributed by atoms with E-state index in [-0.39, 0.29) is 0 Å². The van der Waals surface area contributed by atoms with E-state index in [4.69, 9.17) is 4.74 Å². The van der Waals surface area contributed by atoms with E-state index >= 15 is 0 Å². The van der Waals surface area contributed by atoms with E-state index in [0.717, 1.165) is 12.5 Å². The van der Waals surface area contributed by atoms with E-state index in [0.29, 0.717) is 25.2 Å². The molecule has 1 nitrogen and oxygen atoms in total. The summed E-state index contributed by atoms with van der Waals surface area (Å²) in [6.45, 7) is 3.22. The Morgan fingerprint density at radius 1 is 1.07 bits per heavy atom. The minimum Gasteiger partial charge on any atom is -0.381 e. The first-order valence-corrected chi connectivity index (χ1v) is 4.75. The Hall–Kier alpha value is -0.960. The molecule has 0 bridgehead atoms. The highest BCUT2D eigenvalue weighted by atomic mass is 19.1. The largest absolute Gasteiger partial charge is 0.381 e. The minimum absolute atomic E-state index is 0.511. The highest BCUT2D eigenvalue weighted by Crippen LogP contribution is 2.08. The van der Waals surface area contributed by atoms with Crippen molar-refractivity contribution in [1.82, 2.24) is 0 Å². The maximum atomic E-state index is 12.7. The fraction of sp³-hybridized carbons (Fsp3) is 0.455. The molecule has 0 N–H and O–H groups in total. The van der Waals surface area contributed by atoms with Gasteiger partial charge in [0, 0.05) is 12.7 Å². The van der Waals surface area contributed by atoms with Gasteiger partial charge in [-0.25, -0.2) is 8.78 Å². The predicted octanol–water partition coefficient (Wildman–Crippen LogP) is 2.93. The zero-order valence-corrected chi connectivity index (χ0v) is 8.22. The first-order valence-electron chi connectivity index (χ1n) is 4.75. The number of benzene rings is 1. The van der Waals surface area contributed by atoms with Crippen molar-refractivity contribution in [3.8, 4) is 0 Å². The van der Waals surface area contributed by atoms with Gasteiger partial charge in [0.2, 0.25) is 0 Å². The van der Waals surface area contributed by atoms with Gasteiger partial charge >= 0.3 is 0 Å². The van der Waals surface area contributed by atoms with E-state index in [2.05, 4.69) is 0 Å². The molecule has 1 aromatic rings. The second kappa shape index (κ2) is 5.70. The van der Waals surface area contributed by atoms with Crippen LogP contribution < -0.4 is 0 Å². The monoisotopic (exact) mass is 200 g/mol. The Morgan fingerprint density at radius 3 is 2.29 bits per heavy atom. The number of ether oxygens (including phenoxy) is 1. The molecule has 0 aliphatic heterocycles. The molecule has 0 amide bonds. The lowest BCUT2D eigenvalue weighted by Gasteiger charge is -2.03. The van der Waals surface area contributed by atoms with Gasteiger partial charge in [0.1, 0.15) is 11.6 Å². The van der Waals surface area contributed by atoms with Gasteiger partial charge in [-0.05, 0) is 30.5 Å². The summed E-state index contributed by atoms with van der Waals surface area (Å²) in [6, 6.07) is 3.53. The lowest BCUT2D eigenvalue weighted by molar-refractivity contribution is 0.138. The van der Waals surface area contributed by atoms with Gasteiger partial charge in [0.15, 0.2) is 0 Å². The maximum Gasteiger partial charge on any atom is 0.126 e. The van der Waals surface area contributed by atoms with Crippen molar-refractivity contribution < 1.29 is 13.5 Å². The molecule has 78 valence electrons. The Labute approximate surface area is 82.7 Å². The summed E-state index contributed by atoms with van der Waals surface area (Å²) < 4.78 is 30.7. The van der Waals surface area contributed by atoms with Crippen molar-refractivity contribution in [1.29, 1.82) is 0 Å². The van der Waals surface area contributed by atoms with Crippen LogP contribution in [0.1, 0.15) is 18.9 Å². The van der Waals surface area contributed by atoms with Crippen LogP contribution in [-0.2, 0) is 11.2 Å². The zero-order chi connectivity index (χ0) is 10.4. The molecule has 0 radical (unpaired) electrons. The molecule has 0 saturated heterocycles. The first kappa shape index (κ1) is 11.1. The van der Waals surface area contributed by atoms with Gasteiger partial charge < -0.3 is 4.74 Å². The van der Waals surface area contributed by atoms with Crippen LogP contribution in [-0.4, -0.2) is 13.2 Å². The molecule has 0 spiro atoms. The van der Waals surface area contributed by atoms with Crippen molar-refractivity contribution in [3.05, 3.63) is 35.4 Å². The molecule has 0 aromatic heterocycles. The van der Waals surface area contributed by atoms with Gasteiger partial charge in [-0.2, -0.15) is 0 Å². The molecule has 0 unspecified atom stereocenters. The van der Waals surface area contributed by atoms with E-state index in [1.807, 2.05) is 6.92 Å². The van der Waals surface area contributed by atoms with E-state index in [1.54, 1.807) is 0 Å². The SMILES string of the molecule is CCCOCCc1cc(F)cc(F)c1. The molecular weight excluding hydrogens is 186 g/mol. The fourth-order valence-electron chi connectivity index (χ4n) is 1.19. The van der Waals surface area contributed by atoms with Crippen molar-refractivity contribution in [3.63, 3.8) is 0 Å². The van der Waals surface area contributed by atoms with Gasteiger partial charge in [-0.15, -0.1) is 0 Å². The number of rotatable bonds is 5. The molecule has 0 aliphatic rings. The van der Waals surface area contributed by atoms with Crippen LogP contribution in [0.15, 0.2) is 18.2 Å². The number of hydrogen-bond acceptors (Lipinski definition) is 1. The molecule has 1 rings (SSSR count). The third-order valence-corrected chi connectivity index (χ3v) is 1.81. The smallest absolute Gasteiger partial charge is 0.126 e. The Kier molecular flexibility index (Phi) is 4.53. The summed E-state index contributed by atoms with van der Waals surface area (Å²) in [5, 5.41) is 0. The van der Waals surface area contributed by atoms with Gasteiger partial charge in [0.25, 0.3) is 0 Å².